The normalized spacial score (nSPS) is 20.2. The molecular formula is C23H30N8O. The van der Waals surface area contributed by atoms with Crippen LogP contribution in [0.1, 0.15) is 18.2 Å². The molecule has 0 saturated carbocycles. The van der Waals surface area contributed by atoms with E-state index in [0.717, 1.165) is 41.1 Å². The van der Waals surface area contributed by atoms with Crippen molar-refractivity contribution in [2.24, 2.45) is 16.6 Å². The summed E-state index contributed by atoms with van der Waals surface area (Å²) in [5.74, 6) is 1.84. The molecule has 4 heterocycles. The minimum atomic E-state index is 0.198. The molecule has 0 aliphatic carbocycles. The Balaban J connectivity index is 1.51. The number of hydrogen-bond donors (Lipinski definition) is 2. The molecule has 0 bridgehead atoms. The highest BCUT2D eigenvalue weighted by Gasteiger charge is 2.28. The molecule has 2 atom stereocenters. The highest BCUT2D eigenvalue weighted by atomic mass is 16.5. The summed E-state index contributed by atoms with van der Waals surface area (Å²) in [6.45, 7) is 6.52. The van der Waals surface area contributed by atoms with Crippen LogP contribution >= 0.6 is 0 Å². The number of likely N-dealkylation sites (tertiary alicyclic amines) is 1. The van der Waals surface area contributed by atoms with Crippen molar-refractivity contribution in [3.05, 3.63) is 59.8 Å². The molecule has 0 radical (unpaired) electrons. The van der Waals surface area contributed by atoms with Gasteiger partial charge in [-0.15, -0.1) is 0 Å². The number of aromatic nitrogens is 4. The number of pyridine rings is 1. The van der Waals surface area contributed by atoms with Gasteiger partial charge in [0.1, 0.15) is 5.82 Å². The number of likely N-dealkylation sites (N-methyl/N-ethyl adjacent to an activating group) is 1. The lowest BCUT2D eigenvalue weighted by atomic mass is 10.0. The van der Waals surface area contributed by atoms with Gasteiger partial charge in [0.15, 0.2) is 5.82 Å². The van der Waals surface area contributed by atoms with Gasteiger partial charge < -0.3 is 20.7 Å². The Morgan fingerprint density at radius 1 is 1.31 bits per heavy atom. The zero-order valence-corrected chi connectivity index (χ0v) is 19.0. The maximum atomic E-state index is 6.20. The van der Waals surface area contributed by atoms with E-state index in [9.17, 15) is 0 Å². The Labute approximate surface area is 188 Å². The van der Waals surface area contributed by atoms with Gasteiger partial charge >= 0.3 is 0 Å². The van der Waals surface area contributed by atoms with E-state index in [1.807, 2.05) is 31.3 Å². The Bertz CT molecular complexity index is 1150. The third kappa shape index (κ3) is 4.79. The van der Waals surface area contributed by atoms with E-state index >= 15 is 0 Å². The van der Waals surface area contributed by atoms with E-state index in [-0.39, 0.29) is 6.10 Å². The standard InChI is InChI=1S/C23H30N8O/c1-15-12-30(4)13-20(15)32-14-18(9-24)23(25-3)17-5-6-31-19(7-17)8-21(29-31)28-22-11-26-10-16(2)27-22/h5-11,15,20H,12-14,24H2,1-4H3,(H,27,28,29)/b18-9+,25-23?/t15-,20+/m1/s1. The van der Waals surface area contributed by atoms with Crippen molar-refractivity contribution in [3.8, 4) is 0 Å². The van der Waals surface area contributed by atoms with Crippen molar-refractivity contribution < 1.29 is 4.74 Å². The van der Waals surface area contributed by atoms with Gasteiger partial charge in [-0.25, -0.2) is 9.50 Å². The van der Waals surface area contributed by atoms with Crippen LogP contribution in [0.3, 0.4) is 0 Å². The van der Waals surface area contributed by atoms with Crippen molar-refractivity contribution in [1.29, 1.82) is 0 Å². The third-order valence-corrected chi connectivity index (χ3v) is 5.66. The van der Waals surface area contributed by atoms with Crippen LogP contribution in [0.5, 0.6) is 0 Å². The molecular weight excluding hydrogens is 404 g/mol. The van der Waals surface area contributed by atoms with E-state index in [4.69, 9.17) is 10.5 Å². The number of nitrogens with two attached hydrogens (primary N) is 1. The fraction of sp³-hybridized carbons (Fsp3) is 0.391. The molecule has 1 aliphatic heterocycles. The average molecular weight is 435 g/mol. The summed E-state index contributed by atoms with van der Waals surface area (Å²) >= 11 is 0. The molecule has 9 nitrogen and oxygen atoms in total. The molecule has 3 N–H and O–H groups in total. The summed E-state index contributed by atoms with van der Waals surface area (Å²) in [6, 6.07) is 5.98. The van der Waals surface area contributed by atoms with E-state index in [1.54, 1.807) is 30.2 Å². The van der Waals surface area contributed by atoms with E-state index in [0.29, 0.717) is 24.2 Å². The number of aryl methyl sites for hydroxylation is 1. The number of nitrogens with one attached hydrogen (secondary N) is 1. The lowest BCUT2D eigenvalue weighted by Gasteiger charge is -2.18. The Hall–Kier alpha value is -3.30. The number of rotatable bonds is 7. The Morgan fingerprint density at radius 2 is 2.16 bits per heavy atom. The van der Waals surface area contributed by atoms with E-state index < -0.39 is 0 Å². The molecule has 32 heavy (non-hydrogen) atoms. The topological polar surface area (TPSA) is 106 Å². The molecule has 1 fully saturated rings. The molecule has 1 aliphatic rings. The number of fused-ring (bicyclic) bond motifs is 1. The van der Waals surface area contributed by atoms with E-state index in [2.05, 4.69) is 44.2 Å². The first kappa shape index (κ1) is 21.9. The van der Waals surface area contributed by atoms with Crippen LogP contribution in [-0.4, -0.2) is 70.1 Å². The predicted molar refractivity (Wildman–Crippen MR) is 126 cm³/mol. The minimum Gasteiger partial charge on any atom is -0.404 e. The smallest absolute Gasteiger partial charge is 0.154 e. The van der Waals surface area contributed by atoms with Crippen LogP contribution in [0.4, 0.5) is 11.6 Å². The quantitative estimate of drug-likeness (QED) is 0.550. The molecule has 3 aromatic rings. The molecule has 0 aromatic carbocycles. The van der Waals surface area contributed by atoms with Crippen molar-refractivity contribution >= 4 is 22.9 Å². The zero-order valence-electron chi connectivity index (χ0n) is 19.0. The van der Waals surface area contributed by atoms with Crippen molar-refractivity contribution in [3.63, 3.8) is 0 Å². The predicted octanol–water partition coefficient (Wildman–Crippen LogP) is 2.40. The SMILES string of the molecule is CN=C(/C(=C/N)CO[C@H]1CN(C)C[C@H]1C)c1ccn2nc(Nc3cncc(C)n3)cc2c1. The average Bonchev–Trinajstić information content (AvgIpc) is 3.31. The number of aliphatic imine (C=N–C) groups is 1. The van der Waals surface area contributed by atoms with Crippen molar-refractivity contribution in [1.82, 2.24) is 24.5 Å². The van der Waals surface area contributed by atoms with Crippen LogP contribution in [-0.2, 0) is 4.74 Å². The number of ether oxygens (including phenoxy) is 1. The van der Waals surface area contributed by atoms with Crippen LogP contribution in [0.15, 0.2) is 53.6 Å². The largest absolute Gasteiger partial charge is 0.404 e. The monoisotopic (exact) mass is 434 g/mol. The molecule has 4 rings (SSSR count). The van der Waals surface area contributed by atoms with Gasteiger partial charge in [-0.05, 0) is 32.0 Å². The number of nitrogens with zero attached hydrogens (tertiary/aromatic N) is 6. The van der Waals surface area contributed by atoms with Gasteiger partial charge in [0.25, 0.3) is 0 Å². The lowest BCUT2D eigenvalue weighted by Crippen LogP contribution is -2.24. The minimum absolute atomic E-state index is 0.198. The van der Waals surface area contributed by atoms with Crippen molar-refractivity contribution in [2.75, 3.05) is 39.1 Å². The number of anilines is 2. The molecule has 3 aromatic heterocycles. The Morgan fingerprint density at radius 3 is 2.84 bits per heavy atom. The fourth-order valence-electron chi connectivity index (χ4n) is 4.10. The van der Waals surface area contributed by atoms with Gasteiger partial charge in [0, 0.05) is 55.9 Å². The maximum absolute atomic E-state index is 6.20. The fourth-order valence-corrected chi connectivity index (χ4v) is 4.10. The first-order valence-electron chi connectivity index (χ1n) is 10.7. The Kier molecular flexibility index (Phi) is 6.48. The van der Waals surface area contributed by atoms with Crippen LogP contribution in [0, 0.1) is 12.8 Å². The molecule has 0 spiro atoms. The first-order chi connectivity index (χ1) is 15.5. The summed E-state index contributed by atoms with van der Waals surface area (Å²) < 4.78 is 8.01. The van der Waals surface area contributed by atoms with Gasteiger partial charge in [0.2, 0.25) is 0 Å². The summed E-state index contributed by atoms with van der Waals surface area (Å²) in [5, 5.41) is 7.76. The molecule has 9 heteroatoms. The second-order valence-electron chi connectivity index (χ2n) is 8.30. The maximum Gasteiger partial charge on any atom is 0.154 e. The first-order valence-corrected chi connectivity index (χ1v) is 10.7. The molecule has 168 valence electrons. The van der Waals surface area contributed by atoms with Gasteiger partial charge in [-0.2, -0.15) is 5.10 Å². The second kappa shape index (κ2) is 9.46. The summed E-state index contributed by atoms with van der Waals surface area (Å²) in [7, 11) is 3.89. The molecule has 1 saturated heterocycles. The summed E-state index contributed by atoms with van der Waals surface area (Å²) in [4.78, 5) is 15.4. The third-order valence-electron chi connectivity index (χ3n) is 5.66. The van der Waals surface area contributed by atoms with Gasteiger partial charge in [0.05, 0.1) is 35.8 Å². The zero-order chi connectivity index (χ0) is 22.7. The second-order valence-corrected chi connectivity index (χ2v) is 8.30. The highest BCUT2D eigenvalue weighted by molar-refractivity contribution is 6.13. The van der Waals surface area contributed by atoms with Crippen molar-refractivity contribution in [2.45, 2.75) is 20.0 Å². The van der Waals surface area contributed by atoms with Crippen LogP contribution in [0.25, 0.3) is 5.52 Å². The lowest BCUT2D eigenvalue weighted by molar-refractivity contribution is 0.0565. The van der Waals surface area contributed by atoms with Crippen LogP contribution in [0.2, 0.25) is 0 Å². The molecule has 0 unspecified atom stereocenters. The summed E-state index contributed by atoms with van der Waals surface area (Å²) in [6.07, 6.45) is 7.08. The highest BCUT2D eigenvalue weighted by Crippen LogP contribution is 2.21. The van der Waals surface area contributed by atoms with Gasteiger partial charge in [-0.1, -0.05) is 6.92 Å². The summed E-state index contributed by atoms with van der Waals surface area (Å²) in [5.41, 5.74) is 10.4. The number of hydrogen-bond acceptors (Lipinski definition) is 8. The van der Waals surface area contributed by atoms with Gasteiger partial charge in [-0.3, -0.25) is 9.98 Å². The van der Waals surface area contributed by atoms with Crippen LogP contribution < -0.4 is 11.1 Å². The van der Waals surface area contributed by atoms with E-state index in [1.165, 1.54) is 0 Å². The molecule has 0 amide bonds.